The van der Waals surface area contributed by atoms with Crippen LogP contribution in [0.15, 0.2) is 12.1 Å². The smallest absolute Gasteiger partial charge is 0.277 e. The van der Waals surface area contributed by atoms with E-state index in [1.165, 1.54) is 26.4 Å². The molecule has 0 unspecified atom stereocenters. The molecule has 0 radical (unpaired) electrons. The first-order valence-electron chi connectivity index (χ1n) is 5.94. The predicted octanol–water partition coefficient (Wildman–Crippen LogP) is 2.52. The van der Waals surface area contributed by atoms with Crippen molar-refractivity contribution >= 4 is 11.5 Å². The van der Waals surface area contributed by atoms with Gasteiger partial charge in [-0.25, -0.2) is 0 Å². The second-order valence-electron chi connectivity index (χ2n) is 4.06. The van der Waals surface area contributed by atoms with E-state index in [0.29, 0.717) is 17.7 Å². The molecule has 1 aromatic carbocycles. The fraction of sp³-hybridized carbons (Fsp3) is 0.462. The number of Topliss-reactive ketones (excluding diaryl/α,β-unsaturated/α-hetero) is 1. The maximum absolute atomic E-state index is 11.6. The lowest BCUT2D eigenvalue weighted by atomic mass is 10.0. The van der Waals surface area contributed by atoms with Crippen molar-refractivity contribution in [3.63, 3.8) is 0 Å². The first-order chi connectivity index (χ1) is 9.03. The van der Waals surface area contributed by atoms with Crippen LogP contribution in [0.5, 0.6) is 11.5 Å². The van der Waals surface area contributed by atoms with Crippen LogP contribution in [-0.2, 0) is 11.2 Å². The van der Waals surface area contributed by atoms with Crippen molar-refractivity contribution in [1.29, 1.82) is 0 Å². The fourth-order valence-corrected chi connectivity index (χ4v) is 1.80. The average molecular weight is 267 g/mol. The Labute approximate surface area is 111 Å². The second-order valence-corrected chi connectivity index (χ2v) is 4.06. The number of carbonyl (C=O) groups is 1. The molecule has 0 aliphatic rings. The molecule has 0 bridgehead atoms. The lowest BCUT2D eigenvalue weighted by Gasteiger charge is -2.10. The molecule has 0 heterocycles. The highest BCUT2D eigenvalue weighted by molar-refractivity contribution is 5.82. The van der Waals surface area contributed by atoms with E-state index in [1.54, 1.807) is 0 Å². The summed E-state index contributed by atoms with van der Waals surface area (Å²) < 4.78 is 10.1. The van der Waals surface area contributed by atoms with Gasteiger partial charge in [0, 0.05) is 18.4 Å². The Morgan fingerprint density at radius 1 is 1.26 bits per heavy atom. The summed E-state index contributed by atoms with van der Waals surface area (Å²) in [4.78, 5) is 22.2. The van der Waals surface area contributed by atoms with Crippen molar-refractivity contribution in [2.45, 2.75) is 26.2 Å². The van der Waals surface area contributed by atoms with Gasteiger partial charge in [-0.05, 0) is 12.5 Å². The monoisotopic (exact) mass is 267 g/mol. The quantitative estimate of drug-likeness (QED) is 0.560. The predicted molar refractivity (Wildman–Crippen MR) is 69.8 cm³/mol. The fourth-order valence-electron chi connectivity index (χ4n) is 1.80. The van der Waals surface area contributed by atoms with Crippen LogP contribution in [0.3, 0.4) is 0 Å². The molecule has 6 nitrogen and oxygen atoms in total. The van der Waals surface area contributed by atoms with Gasteiger partial charge in [-0.1, -0.05) is 6.92 Å². The molecule has 0 amide bonds. The normalized spacial score (nSPS) is 10.1. The number of ketones is 1. The number of ether oxygens (including phenoxy) is 2. The highest BCUT2D eigenvalue weighted by atomic mass is 16.6. The Kier molecular flexibility index (Phi) is 5.29. The summed E-state index contributed by atoms with van der Waals surface area (Å²) >= 11 is 0. The van der Waals surface area contributed by atoms with E-state index < -0.39 is 4.92 Å². The number of carbonyl (C=O) groups excluding carboxylic acids is 1. The number of methoxy groups -OCH3 is 2. The van der Waals surface area contributed by atoms with Gasteiger partial charge in [0.15, 0.2) is 11.5 Å². The van der Waals surface area contributed by atoms with Crippen molar-refractivity contribution in [2.75, 3.05) is 14.2 Å². The second kappa shape index (κ2) is 6.72. The molecule has 104 valence electrons. The van der Waals surface area contributed by atoms with Crippen LogP contribution in [0, 0.1) is 10.1 Å². The number of benzene rings is 1. The molecule has 0 N–H and O–H groups in total. The van der Waals surface area contributed by atoms with Crippen LogP contribution in [0.1, 0.15) is 25.3 Å². The van der Waals surface area contributed by atoms with E-state index in [1.807, 2.05) is 6.92 Å². The molecule has 0 saturated heterocycles. The molecule has 0 fully saturated rings. The van der Waals surface area contributed by atoms with E-state index in [-0.39, 0.29) is 23.6 Å². The summed E-state index contributed by atoms with van der Waals surface area (Å²) in [5.41, 5.74) is 0.225. The summed E-state index contributed by atoms with van der Waals surface area (Å²) in [5.74, 6) is 0.631. The van der Waals surface area contributed by atoms with Gasteiger partial charge < -0.3 is 9.47 Å². The Morgan fingerprint density at radius 3 is 2.32 bits per heavy atom. The van der Waals surface area contributed by atoms with Crippen molar-refractivity contribution in [3.05, 3.63) is 27.8 Å². The summed E-state index contributed by atoms with van der Waals surface area (Å²) in [7, 11) is 2.85. The minimum atomic E-state index is -0.517. The van der Waals surface area contributed by atoms with Crippen LogP contribution < -0.4 is 9.47 Å². The Hall–Kier alpha value is -2.11. The topological polar surface area (TPSA) is 78.7 Å². The Balaban J connectivity index is 3.19. The van der Waals surface area contributed by atoms with E-state index in [2.05, 4.69) is 0 Å². The van der Waals surface area contributed by atoms with Crippen LogP contribution in [0.2, 0.25) is 0 Å². The molecule has 0 atom stereocenters. The molecular formula is C13H17NO5. The first kappa shape index (κ1) is 14.9. The molecule has 1 rings (SSSR count). The summed E-state index contributed by atoms with van der Waals surface area (Å²) in [5, 5.41) is 11.0. The van der Waals surface area contributed by atoms with E-state index >= 15 is 0 Å². The third-order valence-corrected chi connectivity index (χ3v) is 2.70. The number of rotatable bonds is 7. The minimum Gasteiger partial charge on any atom is -0.493 e. The molecule has 6 heteroatoms. The molecule has 19 heavy (non-hydrogen) atoms. The molecule has 0 saturated carbocycles. The van der Waals surface area contributed by atoms with Crippen molar-refractivity contribution in [3.8, 4) is 11.5 Å². The molecule has 0 spiro atoms. The maximum Gasteiger partial charge on any atom is 0.277 e. The highest BCUT2D eigenvalue weighted by Crippen LogP contribution is 2.34. The highest BCUT2D eigenvalue weighted by Gasteiger charge is 2.20. The SMILES string of the molecule is CCCC(=O)Cc1cc(OC)c(OC)cc1[N+](=O)[O-]. The minimum absolute atomic E-state index is 0.0298. The molecular weight excluding hydrogens is 250 g/mol. The zero-order valence-corrected chi connectivity index (χ0v) is 11.3. The number of nitro benzene ring substituents is 1. The molecule has 0 aliphatic heterocycles. The lowest BCUT2D eigenvalue weighted by molar-refractivity contribution is -0.385. The zero-order valence-electron chi connectivity index (χ0n) is 11.3. The van der Waals surface area contributed by atoms with Gasteiger partial charge in [0.1, 0.15) is 5.78 Å². The average Bonchev–Trinajstić information content (AvgIpc) is 2.38. The summed E-state index contributed by atoms with van der Waals surface area (Å²) in [6, 6.07) is 2.78. The Bertz CT molecular complexity index is 484. The third-order valence-electron chi connectivity index (χ3n) is 2.70. The largest absolute Gasteiger partial charge is 0.493 e. The summed E-state index contributed by atoms with van der Waals surface area (Å²) in [6.07, 6.45) is 1.16. The van der Waals surface area contributed by atoms with Gasteiger partial charge >= 0.3 is 0 Å². The number of nitrogens with zero attached hydrogens (tertiary/aromatic N) is 1. The number of nitro groups is 1. The van der Waals surface area contributed by atoms with Crippen molar-refractivity contribution < 1.29 is 19.2 Å². The van der Waals surface area contributed by atoms with Crippen LogP contribution in [0.25, 0.3) is 0 Å². The lowest BCUT2D eigenvalue weighted by Crippen LogP contribution is -2.06. The zero-order chi connectivity index (χ0) is 14.4. The Morgan fingerprint density at radius 2 is 1.84 bits per heavy atom. The maximum atomic E-state index is 11.6. The van der Waals surface area contributed by atoms with Gasteiger partial charge in [0.25, 0.3) is 5.69 Å². The van der Waals surface area contributed by atoms with Crippen LogP contribution in [0.4, 0.5) is 5.69 Å². The van der Waals surface area contributed by atoms with Gasteiger partial charge in [0.05, 0.1) is 25.2 Å². The summed E-state index contributed by atoms with van der Waals surface area (Å²) in [6.45, 7) is 1.89. The van der Waals surface area contributed by atoms with Crippen LogP contribution in [-0.4, -0.2) is 24.9 Å². The van der Waals surface area contributed by atoms with Gasteiger partial charge in [-0.15, -0.1) is 0 Å². The van der Waals surface area contributed by atoms with Crippen LogP contribution >= 0.6 is 0 Å². The number of hydrogen-bond donors (Lipinski definition) is 0. The van der Waals surface area contributed by atoms with E-state index in [9.17, 15) is 14.9 Å². The molecule has 1 aromatic rings. The van der Waals surface area contributed by atoms with Crippen molar-refractivity contribution in [2.24, 2.45) is 0 Å². The first-order valence-corrected chi connectivity index (χ1v) is 5.94. The standard InChI is InChI=1S/C13H17NO5/c1-4-5-10(15)6-9-7-12(18-2)13(19-3)8-11(9)14(16)17/h7-8H,4-6H2,1-3H3. The molecule has 0 aliphatic carbocycles. The third kappa shape index (κ3) is 3.67. The number of hydrogen-bond acceptors (Lipinski definition) is 5. The van der Waals surface area contributed by atoms with E-state index in [0.717, 1.165) is 6.42 Å². The van der Waals surface area contributed by atoms with Gasteiger partial charge in [-0.2, -0.15) is 0 Å². The van der Waals surface area contributed by atoms with Crippen molar-refractivity contribution in [1.82, 2.24) is 0 Å². The van der Waals surface area contributed by atoms with E-state index in [4.69, 9.17) is 9.47 Å². The van der Waals surface area contributed by atoms with Gasteiger partial charge in [0.2, 0.25) is 0 Å². The van der Waals surface area contributed by atoms with Gasteiger partial charge in [-0.3, -0.25) is 14.9 Å². The molecule has 0 aromatic heterocycles.